The first-order valence-corrected chi connectivity index (χ1v) is 28.7. The molecule has 5 saturated carbocycles. The third-order valence-corrected chi connectivity index (χ3v) is 24.4. The van der Waals surface area contributed by atoms with E-state index in [1.165, 1.54) is 62.6 Å². The zero-order valence-corrected chi connectivity index (χ0v) is 39.1. The fraction of sp³-hybridized carbons (Fsp3) is 0.900. The lowest BCUT2D eigenvalue weighted by Gasteiger charge is -2.45. The van der Waals surface area contributed by atoms with Crippen LogP contribution in [-0.4, -0.2) is 109 Å². The van der Waals surface area contributed by atoms with Gasteiger partial charge in [0.15, 0.2) is 5.60 Å². The molecule has 8 atom stereocenters. The van der Waals surface area contributed by atoms with E-state index in [0.29, 0.717) is 60.4 Å². The van der Waals surface area contributed by atoms with Crippen molar-refractivity contribution in [3.05, 3.63) is 11.3 Å². The molecule has 2 saturated heterocycles. The van der Waals surface area contributed by atoms with E-state index in [1.807, 2.05) is 12.0 Å². The second-order valence-electron chi connectivity index (χ2n) is 22.3. The summed E-state index contributed by atoms with van der Waals surface area (Å²) >= 11 is 0. The Morgan fingerprint density at radius 3 is 2.28 bits per heavy atom. The maximum absolute atomic E-state index is 15.6. The van der Waals surface area contributed by atoms with Crippen LogP contribution < -0.4 is 0 Å². The molecule has 9 nitrogen and oxygen atoms in total. The Morgan fingerprint density at radius 2 is 1.57 bits per heavy atom. The van der Waals surface area contributed by atoms with Crippen LogP contribution in [0, 0.1) is 35.5 Å². The van der Waals surface area contributed by atoms with Gasteiger partial charge in [0.25, 0.3) is 5.91 Å². The number of fused-ring (bicyclic) bond motifs is 1. The molecule has 9 aliphatic rings. The van der Waals surface area contributed by atoms with Crippen LogP contribution in [0.1, 0.15) is 161 Å². The second-order valence-corrected chi connectivity index (χ2v) is 27.5. The third-order valence-electron chi connectivity index (χ3n) is 19.1. The van der Waals surface area contributed by atoms with E-state index in [4.69, 9.17) is 9.47 Å². The number of hydrogen-bond donors (Lipinski definition) is 1. The normalized spacial score (nSPS) is 40.0. The molecule has 0 aromatic heterocycles. The van der Waals surface area contributed by atoms with Crippen molar-refractivity contribution in [1.29, 1.82) is 0 Å². The van der Waals surface area contributed by atoms with Crippen molar-refractivity contribution in [1.82, 2.24) is 14.7 Å². The van der Waals surface area contributed by atoms with Gasteiger partial charge >= 0.3 is 0 Å². The first-order valence-electron chi connectivity index (χ1n) is 25.5. The lowest BCUT2D eigenvalue weighted by molar-refractivity contribution is -0.152. The molecule has 0 aromatic carbocycles. The van der Waals surface area contributed by atoms with E-state index in [1.54, 1.807) is 0 Å². The monoisotopic (exact) mass is 848 g/mol. The number of amides is 3. The lowest BCUT2D eigenvalue weighted by Crippen LogP contribution is -2.51. The zero-order valence-electron chi connectivity index (χ0n) is 38.1. The molecule has 336 valence electrons. The summed E-state index contributed by atoms with van der Waals surface area (Å²) in [5.74, 6) is 3.31. The molecule has 1 spiro atoms. The molecule has 3 heterocycles. The van der Waals surface area contributed by atoms with E-state index in [2.05, 4.69) is 29.8 Å². The van der Waals surface area contributed by atoms with Gasteiger partial charge in [0.2, 0.25) is 11.8 Å². The molecule has 3 amide bonds. The fourth-order valence-corrected chi connectivity index (χ4v) is 21.2. The topological polar surface area (TPSA) is 99.6 Å². The van der Waals surface area contributed by atoms with E-state index in [-0.39, 0.29) is 41.9 Å². The van der Waals surface area contributed by atoms with Crippen molar-refractivity contribution >= 4 is 25.8 Å². The molecule has 0 radical (unpaired) electrons. The summed E-state index contributed by atoms with van der Waals surface area (Å²) in [5.41, 5.74) is 2.28. The summed E-state index contributed by atoms with van der Waals surface area (Å²) < 4.78 is 13.4. The van der Waals surface area contributed by atoms with Crippen LogP contribution in [0.3, 0.4) is 0 Å². The van der Waals surface area contributed by atoms with E-state index in [0.717, 1.165) is 115 Å². The number of aliphatic hydroxyl groups excluding tert-OH is 1. The highest BCUT2D eigenvalue weighted by atomic mass is 28.3. The molecule has 0 aromatic rings. The average Bonchev–Trinajstić information content (AvgIpc) is 3.82. The van der Waals surface area contributed by atoms with Crippen molar-refractivity contribution in [3.8, 4) is 0 Å². The predicted molar refractivity (Wildman–Crippen MR) is 238 cm³/mol. The van der Waals surface area contributed by atoms with Crippen LogP contribution in [0.25, 0.3) is 0 Å². The maximum Gasteiger partial charge on any atom is 0.263 e. The molecule has 3 aliphatic heterocycles. The van der Waals surface area contributed by atoms with Gasteiger partial charge in [-0.1, -0.05) is 77.8 Å². The minimum Gasteiger partial charge on any atom is -0.395 e. The Balaban J connectivity index is 0.949. The Labute approximate surface area is 363 Å². The molecule has 60 heavy (non-hydrogen) atoms. The Bertz CT molecular complexity index is 1600. The molecule has 10 heteroatoms. The molecule has 6 aliphatic carbocycles. The number of methoxy groups -OCH3 is 1. The van der Waals surface area contributed by atoms with Crippen molar-refractivity contribution in [2.24, 2.45) is 35.5 Å². The number of carbonyl (C=O) groups is 3. The number of ether oxygens (including phenoxy) is 2. The number of allylic oxidation sites excluding steroid dienone is 1. The molecule has 9 rings (SSSR count). The number of nitrogens with zero attached hydrogens (tertiary/aromatic N) is 3. The third kappa shape index (κ3) is 7.71. The van der Waals surface area contributed by atoms with Gasteiger partial charge < -0.3 is 29.3 Å². The van der Waals surface area contributed by atoms with Crippen molar-refractivity contribution < 1.29 is 29.0 Å². The van der Waals surface area contributed by atoms with Crippen LogP contribution >= 0.6 is 0 Å². The van der Waals surface area contributed by atoms with Crippen molar-refractivity contribution in [3.63, 3.8) is 0 Å². The number of rotatable bonds is 12. The number of likely N-dealkylation sites (tertiary alicyclic amines) is 1. The summed E-state index contributed by atoms with van der Waals surface area (Å²) in [5, 5.41) is 10.2. The Hall–Kier alpha value is -1.75. The highest BCUT2D eigenvalue weighted by molar-refractivity contribution is 6.80. The van der Waals surface area contributed by atoms with E-state index < -0.39 is 13.7 Å². The van der Waals surface area contributed by atoms with Gasteiger partial charge in [0.05, 0.1) is 33.3 Å². The quantitative estimate of drug-likeness (QED) is 0.197. The lowest BCUT2D eigenvalue weighted by atomic mass is 9.65. The number of aliphatic hydroxyl groups is 1. The molecular weight excluding hydrogens is 767 g/mol. The van der Waals surface area contributed by atoms with Crippen LogP contribution in [0.2, 0.25) is 24.2 Å². The molecule has 1 N–H and O–H groups in total. The van der Waals surface area contributed by atoms with Gasteiger partial charge in [-0.2, -0.15) is 0 Å². The average molecular weight is 848 g/mol. The van der Waals surface area contributed by atoms with E-state index >= 15 is 4.79 Å². The highest BCUT2D eigenvalue weighted by Crippen LogP contribution is 2.62. The molecule has 4 unspecified atom stereocenters. The Kier molecular flexibility index (Phi) is 13.1. The summed E-state index contributed by atoms with van der Waals surface area (Å²) in [4.78, 5) is 50.8. The molecule has 0 bridgehead atoms. The van der Waals surface area contributed by atoms with Crippen LogP contribution in [-0.2, 0) is 23.9 Å². The standard InChI is InChI=1S/C50H81N3O6Si/c1-33-47(60(3,4)39-26-24-38(58-2)25-27-39)44(30-45(55)51(28-29-54)31-34-12-6-5-7-13-34)59-50(33)41-17-8-9-18-42(41)52(49(50)57)32-35-20-22-37(23-21-35)53-43-19-11-15-36-14-10-16-40(46(36)43)48(53)56/h33-40,43-44,46-47,54H,5-32H2,1-4H3/t33-,35?,36?,37?,38?,39?,40?,43?,44+,46?,47-,50+/m1/s1. The van der Waals surface area contributed by atoms with E-state index in [9.17, 15) is 14.7 Å². The zero-order chi connectivity index (χ0) is 41.8. The van der Waals surface area contributed by atoms with Gasteiger partial charge in [-0.05, 0) is 130 Å². The Morgan fingerprint density at radius 1 is 0.850 bits per heavy atom. The van der Waals surface area contributed by atoms with Crippen LogP contribution in [0.5, 0.6) is 0 Å². The van der Waals surface area contributed by atoms with Crippen LogP contribution in [0.15, 0.2) is 11.3 Å². The van der Waals surface area contributed by atoms with Crippen molar-refractivity contribution in [2.45, 2.75) is 215 Å². The molecular formula is C50H81N3O6Si. The smallest absolute Gasteiger partial charge is 0.263 e. The first-order chi connectivity index (χ1) is 29.1. The predicted octanol–water partition coefficient (Wildman–Crippen LogP) is 9.25. The maximum atomic E-state index is 15.6. The molecule has 7 fully saturated rings. The summed E-state index contributed by atoms with van der Waals surface area (Å²) in [6.45, 7) is 9.26. The summed E-state index contributed by atoms with van der Waals surface area (Å²) in [6.07, 6.45) is 26.6. The summed E-state index contributed by atoms with van der Waals surface area (Å²) in [7, 11) is -0.271. The summed E-state index contributed by atoms with van der Waals surface area (Å²) in [6, 6.07) is 0.831. The first kappa shape index (κ1) is 43.5. The number of carbonyl (C=O) groups excluding carboxylic acids is 3. The van der Waals surface area contributed by atoms with Gasteiger partial charge in [-0.15, -0.1) is 0 Å². The SMILES string of the molecule is COC1CCC([Si](C)(C)[C@H]2[C@H](CC(=O)N(CCO)CC3CCCCC3)O[C@@]3(C(=O)N(CC4CCC(N5C(=O)C6CCCC7CCCC5C76)CC4)C4=C3CCCC4)[C@@H]2C)CC1. The largest absolute Gasteiger partial charge is 0.395 e. The highest BCUT2D eigenvalue weighted by Gasteiger charge is 2.68. The van der Waals surface area contributed by atoms with Gasteiger partial charge in [-0.3, -0.25) is 14.4 Å². The fourth-order valence-electron chi connectivity index (χ4n) is 16.1. The minimum atomic E-state index is -2.12. The second kappa shape index (κ2) is 18.0. The minimum absolute atomic E-state index is 0.00196. The van der Waals surface area contributed by atoms with Gasteiger partial charge in [0.1, 0.15) is 0 Å². The van der Waals surface area contributed by atoms with Crippen molar-refractivity contribution in [2.75, 3.05) is 33.4 Å². The van der Waals surface area contributed by atoms with Crippen LogP contribution in [0.4, 0.5) is 0 Å². The number of hydrogen-bond acceptors (Lipinski definition) is 6. The van der Waals surface area contributed by atoms with Gasteiger partial charge in [0, 0.05) is 56.4 Å². The van der Waals surface area contributed by atoms with Gasteiger partial charge in [-0.25, -0.2) is 0 Å².